The molecular formula is C21H24Cl2N2O5S. The number of benzene rings is 2. The van der Waals surface area contributed by atoms with Gasteiger partial charge in [-0.25, -0.2) is 12.7 Å². The number of amides is 1. The summed E-state index contributed by atoms with van der Waals surface area (Å²) in [5, 5.41) is 3.51. The fraction of sp³-hybridized carbons (Fsp3) is 0.381. The van der Waals surface area contributed by atoms with Crippen molar-refractivity contribution in [2.24, 2.45) is 5.92 Å². The molecule has 1 heterocycles. The van der Waals surface area contributed by atoms with Gasteiger partial charge in [0.1, 0.15) is 11.5 Å². The van der Waals surface area contributed by atoms with E-state index in [1.54, 1.807) is 36.4 Å². The van der Waals surface area contributed by atoms with E-state index in [4.69, 9.17) is 32.7 Å². The SMILES string of the molecule is COc1ccc(OC)c(NC(=O)[C@@H]2CCCN(S(=O)(=O)Cc3ccc(Cl)c(Cl)c3)C2)c1. The van der Waals surface area contributed by atoms with Gasteiger partial charge in [0.05, 0.1) is 41.6 Å². The summed E-state index contributed by atoms with van der Waals surface area (Å²) < 4.78 is 37.8. The molecule has 1 amide bonds. The van der Waals surface area contributed by atoms with E-state index < -0.39 is 15.9 Å². The molecule has 1 atom stereocenters. The lowest BCUT2D eigenvalue weighted by atomic mass is 9.98. The number of ether oxygens (including phenoxy) is 2. The highest BCUT2D eigenvalue weighted by Gasteiger charge is 2.32. The van der Waals surface area contributed by atoms with Gasteiger partial charge in [-0.2, -0.15) is 0 Å². The van der Waals surface area contributed by atoms with Gasteiger partial charge in [-0.1, -0.05) is 29.3 Å². The molecular weight excluding hydrogens is 463 g/mol. The maximum Gasteiger partial charge on any atom is 0.228 e. The number of hydrogen-bond donors (Lipinski definition) is 1. The zero-order valence-electron chi connectivity index (χ0n) is 17.2. The molecule has 0 spiro atoms. The normalized spacial score (nSPS) is 17.2. The average molecular weight is 487 g/mol. The molecule has 1 aliphatic rings. The van der Waals surface area contributed by atoms with Crippen molar-refractivity contribution in [3.05, 3.63) is 52.0 Å². The van der Waals surface area contributed by atoms with Gasteiger partial charge < -0.3 is 14.8 Å². The number of piperidine rings is 1. The molecule has 1 saturated heterocycles. The number of nitrogens with one attached hydrogen (secondary N) is 1. The van der Waals surface area contributed by atoms with Crippen molar-refractivity contribution in [3.63, 3.8) is 0 Å². The second-order valence-corrected chi connectivity index (χ2v) is 10.0. The zero-order chi connectivity index (χ0) is 22.6. The quantitative estimate of drug-likeness (QED) is 0.633. The van der Waals surface area contributed by atoms with Gasteiger partial charge in [0.2, 0.25) is 15.9 Å². The molecule has 0 unspecified atom stereocenters. The lowest BCUT2D eigenvalue weighted by Crippen LogP contribution is -2.44. The minimum Gasteiger partial charge on any atom is -0.497 e. The summed E-state index contributed by atoms with van der Waals surface area (Å²) in [6.07, 6.45) is 1.19. The van der Waals surface area contributed by atoms with Crippen molar-refractivity contribution >= 4 is 44.8 Å². The van der Waals surface area contributed by atoms with E-state index >= 15 is 0 Å². The van der Waals surface area contributed by atoms with Crippen LogP contribution in [-0.4, -0.2) is 45.9 Å². The van der Waals surface area contributed by atoms with E-state index in [-0.39, 0.29) is 18.2 Å². The minimum absolute atomic E-state index is 0.113. The lowest BCUT2D eigenvalue weighted by Gasteiger charge is -2.31. The van der Waals surface area contributed by atoms with Crippen LogP contribution in [0.15, 0.2) is 36.4 Å². The minimum atomic E-state index is -3.62. The van der Waals surface area contributed by atoms with Gasteiger partial charge in [0.15, 0.2) is 0 Å². The summed E-state index contributed by atoms with van der Waals surface area (Å²) in [5.74, 6) is 0.121. The summed E-state index contributed by atoms with van der Waals surface area (Å²) in [6, 6.07) is 9.84. The van der Waals surface area contributed by atoms with E-state index in [9.17, 15) is 13.2 Å². The molecule has 3 rings (SSSR count). The van der Waals surface area contributed by atoms with Crippen molar-refractivity contribution in [3.8, 4) is 11.5 Å². The van der Waals surface area contributed by atoms with Gasteiger partial charge in [-0.05, 0) is 42.7 Å². The van der Waals surface area contributed by atoms with E-state index in [2.05, 4.69) is 5.32 Å². The summed E-state index contributed by atoms with van der Waals surface area (Å²) in [6.45, 7) is 0.484. The third-order valence-corrected chi connectivity index (χ3v) is 7.70. The van der Waals surface area contributed by atoms with Crippen molar-refractivity contribution in [1.29, 1.82) is 0 Å². The average Bonchev–Trinajstić information content (AvgIpc) is 2.76. The van der Waals surface area contributed by atoms with Crippen molar-refractivity contribution in [2.75, 3.05) is 32.6 Å². The predicted octanol–water partition coefficient (Wildman–Crippen LogP) is 4.19. The van der Waals surface area contributed by atoms with Crippen LogP contribution < -0.4 is 14.8 Å². The van der Waals surface area contributed by atoms with Crippen LogP contribution >= 0.6 is 23.2 Å². The van der Waals surface area contributed by atoms with Crippen LogP contribution in [0.25, 0.3) is 0 Å². The van der Waals surface area contributed by atoms with Gasteiger partial charge in [-0.3, -0.25) is 4.79 Å². The number of anilines is 1. The Hall–Kier alpha value is -2.00. The Bertz CT molecular complexity index is 1060. The van der Waals surface area contributed by atoms with Crippen molar-refractivity contribution in [2.45, 2.75) is 18.6 Å². The largest absolute Gasteiger partial charge is 0.497 e. The third-order valence-electron chi connectivity index (χ3n) is 5.15. The van der Waals surface area contributed by atoms with Crippen LogP contribution in [0.5, 0.6) is 11.5 Å². The summed E-state index contributed by atoms with van der Waals surface area (Å²) in [7, 11) is -0.580. The number of halogens is 2. The Morgan fingerprint density at radius 1 is 1.13 bits per heavy atom. The van der Waals surface area contributed by atoms with Gasteiger partial charge >= 0.3 is 0 Å². The van der Waals surface area contributed by atoms with E-state index in [1.165, 1.54) is 18.5 Å². The standard InChI is InChI=1S/C21H24Cl2N2O5S/c1-29-16-6-8-20(30-2)19(11-16)24-21(26)15-4-3-9-25(12-15)31(27,28)13-14-5-7-17(22)18(23)10-14/h5-8,10-11,15H,3-4,9,12-13H2,1-2H3,(H,24,26)/t15-/m1/s1. The summed E-state index contributed by atoms with van der Waals surface area (Å²) in [4.78, 5) is 12.9. The Kier molecular flexibility index (Phi) is 7.69. The highest BCUT2D eigenvalue weighted by molar-refractivity contribution is 7.88. The van der Waals surface area contributed by atoms with Crippen LogP contribution in [0, 0.1) is 5.92 Å². The number of carbonyl (C=O) groups excluding carboxylic acids is 1. The molecule has 0 aromatic heterocycles. The highest BCUT2D eigenvalue weighted by atomic mass is 35.5. The van der Waals surface area contributed by atoms with Crippen molar-refractivity contribution in [1.82, 2.24) is 4.31 Å². The molecule has 2 aromatic rings. The topological polar surface area (TPSA) is 84.9 Å². The molecule has 31 heavy (non-hydrogen) atoms. The maximum atomic E-state index is 12.9. The number of carbonyl (C=O) groups is 1. The molecule has 1 fully saturated rings. The van der Waals surface area contributed by atoms with Crippen LogP contribution in [-0.2, 0) is 20.6 Å². The second kappa shape index (κ2) is 10.1. The van der Waals surface area contributed by atoms with Crippen molar-refractivity contribution < 1.29 is 22.7 Å². The Morgan fingerprint density at radius 2 is 1.90 bits per heavy atom. The first-order valence-corrected chi connectivity index (χ1v) is 12.0. The first-order valence-electron chi connectivity index (χ1n) is 9.68. The molecule has 2 aromatic carbocycles. The second-order valence-electron chi connectivity index (χ2n) is 7.26. The van der Waals surface area contributed by atoms with E-state index in [0.29, 0.717) is 52.2 Å². The van der Waals surface area contributed by atoms with Gasteiger partial charge in [0, 0.05) is 19.2 Å². The Balaban J connectivity index is 1.71. The monoisotopic (exact) mass is 486 g/mol. The van der Waals surface area contributed by atoms with Crippen LogP contribution in [0.1, 0.15) is 18.4 Å². The molecule has 7 nitrogen and oxygen atoms in total. The number of nitrogens with zero attached hydrogens (tertiary/aromatic N) is 1. The summed E-state index contributed by atoms with van der Waals surface area (Å²) in [5.41, 5.74) is 1.02. The molecule has 168 valence electrons. The number of hydrogen-bond acceptors (Lipinski definition) is 5. The van der Waals surface area contributed by atoms with Gasteiger partial charge in [-0.15, -0.1) is 0 Å². The van der Waals surface area contributed by atoms with Crippen LogP contribution in [0.4, 0.5) is 5.69 Å². The molecule has 1 N–H and O–H groups in total. The predicted molar refractivity (Wildman–Crippen MR) is 122 cm³/mol. The number of sulfonamides is 1. The van der Waals surface area contributed by atoms with Crippen LogP contribution in [0.2, 0.25) is 10.0 Å². The van der Waals surface area contributed by atoms with Crippen LogP contribution in [0.3, 0.4) is 0 Å². The molecule has 0 radical (unpaired) electrons. The first-order chi connectivity index (χ1) is 14.7. The molecule has 10 heteroatoms. The Labute approximate surface area is 192 Å². The number of methoxy groups -OCH3 is 2. The van der Waals surface area contributed by atoms with E-state index in [0.717, 1.165) is 0 Å². The molecule has 0 bridgehead atoms. The molecule has 0 saturated carbocycles. The smallest absolute Gasteiger partial charge is 0.228 e. The maximum absolute atomic E-state index is 12.9. The zero-order valence-corrected chi connectivity index (χ0v) is 19.6. The summed E-state index contributed by atoms with van der Waals surface area (Å²) >= 11 is 11.9. The molecule has 1 aliphatic heterocycles. The Morgan fingerprint density at radius 3 is 2.58 bits per heavy atom. The fourth-order valence-electron chi connectivity index (χ4n) is 3.49. The number of rotatable bonds is 7. The fourth-order valence-corrected chi connectivity index (χ4v) is 5.41. The lowest BCUT2D eigenvalue weighted by molar-refractivity contribution is -0.120. The first kappa shape index (κ1) is 23.7. The van der Waals surface area contributed by atoms with Gasteiger partial charge in [0.25, 0.3) is 0 Å². The third kappa shape index (κ3) is 5.83. The molecule has 0 aliphatic carbocycles. The van der Waals surface area contributed by atoms with E-state index in [1.807, 2.05) is 0 Å². The highest BCUT2D eigenvalue weighted by Crippen LogP contribution is 2.31.